The first-order chi connectivity index (χ1) is 6.15. The number of nitrogens with two attached hydrogens (primary N) is 1. The number of halogens is 2. The van der Waals surface area contributed by atoms with E-state index in [0.29, 0.717) is 5.56 Å². The van der Waals surface area contributed by atoms with Crippen molar-refractivity contribution in [2.45, 2.75) is 32.7 Å². The lowest BCUT2D eigenvalue weighted by molar-refractivity contribution is 0.608. The van der Waals surface area contributed by atoms with Crippen LogP contribution in [0.5, 0.6) is 0 Å². The molecular formula is C11H17ClFN. The fourth-order valence-electron chi connectivity index (χ4n) is 1.38. The number of benzene rings is 1. The first kappa shape index (κ1) is 13.4. The Kier molecular flexibility index (Phi) is 5.73. The highest BCUT2D eigenvalue weighted by molar-refractivity contribution is 5.85. The molecule has 1 atom stereocenters. The zero-order chi connectivity index (χ0) is 9.84. The van der Waals surface area contributed by atoms with Crippen molar-refractivity contribution in [3.63, 3.8) is 0 Å². The summed E-state index contributed by atoms with van der Waals surface area (Å²) in [6, 6.07) is 5.13. The Hall–Kier alpha value is -0.600. The van der Waals surface area contributed by atoms with Gasteiger partial charge in [0.25, 0.3) is 0 Å². The molecule has 0 aliphatic carbocycles. The standard InChI is InChI=1S/C11H16FN.ClH/c1-3-4-11(13)9-5-6-10(12)8(2)7-9;/h5-7,11H,3-4,13H2,1-2H3;1H/t11-;/m0./s1. The Morgan fingerprint density at radius 1 is 1.43 bits per heavy atom. The van der Waals surface area contributed by atoms with Crippen molar-refractivity contribution in [2.75, 3.05) is 0 Å². The fourth-order valence-corrected chi connectivity index (χ4v) is 1.38. The number of hydrogen-bond donors (Lipinski definition) is 1. The van der Waals surface area contributed by atoms with E-state index >= 15 is 0 Å². The predicted molar refractivity (Wildman–Crippen MR) is 60.2 cm³/mol. The van der Waals surface area contributed by atoms with Crippen molar-refractivity contribution >= 4 is 12.4 Å². The molecule has 3 heteroatoms. The molecule has 0 aromatic heterocycles. The minimum absolute atomic E-state index is 0. The van der Waals surface area contributed by atoms with Gasteiger partial charge in [0.2, 0.25) is 0 Å². The van der Waals surface area contributed by atoms with E-state index in [-0.39, 0.29) is 24.3 Å². The fraction of sp³-hybridized carbons (Fsp3) is 0.455. The second kappa shape index (κ2) is 5.99. The van der Waals surface area contributed by atoms with Crippen LogP contribution in [0.25, 0.3) is 0 Å². The van der Waals surface area contributed by atoms with Crippen LogP contribution in [0.1, 0.15) is 36.9 Å². The Morgan fingerprint density at radius 3 is 2.57 bits per heavy atom. The summed E-state index contributed by atoms with van der Waals surface area (Å²) in [6.07, 6.45) is 2.00. The second-order valence-electron chi connectivity index (χ2n) is 3.40. The van der Waals surface area contributed by atoms with Gasteiger partial charge in [0.05, 0.1) is 0 Å². The summed E-state index contributed by atoms with van der Waals surface area (Å²) in [5.74, 6) is -0.160. The lowest BCUT2D eigenvalue weighted by atomic mass is 10.0. The molecule has 1 nitrogen and oxygen atoms in total. The molecule has 0 amide bonds. The topological polar surface area (TPSA) is 26.0 Å². The van der Waals surface area contributed by atoms with Crippen molar-refractivity contribution in [3.05, 3.63) is 35.1 Å². The molecule has 1 aromatic carbocycles. The quantitative estimate of drug-likeness (QED) is 0.826. The molecule has 0 aliphatic rings. The number of rotatable bonds is 3. The molecule has 0 saturated carbocycles. The Balaban J connectivity index is 0.00000169. The van der Waals surface area contributed by atoms with Crippen LogP contribution in [0.2, 0.25) is 0 Å². The molecule has 1 rings (SSSR count). The molecule has 0 heterocycles. The van der Waals surface area contributed by atoms with Crippen molar-refractivity contribution < 1.29 is 4.39 Å². The van der Waals surface area contributed by atoms with Gasteiger partial charge in [-0.2, -0.15) is 0 Å². The summed E-state index contributed by atoms with van der Waals surface area (Å²) in [4.78, 5) is 0. The van der Waals surface area contributed by atoms with Crippen molar-refractivity contribution in [1.29, 1.82) is 0 Å². The smallest absolute Gasteiger partial charge is 0.126 e. The monoisotopic (exact) mass is 217 g/mol. The van der Waals surface area contributed by atoms with Gasteiger partial charge in [-0.1, -0.05) is 25.5 Å². The van der Waals surface area contributed by atoms with Gasteiger partial charge in [0.1, 0.15) is 5.82 Å². The number of aryl methyl sites for hydroxylation is 1. The molecule has 0 saturated heterocycles. The van der Waals surface area contributed by atoms with E-state index in [1.54, 1.807) is 13.0 Å². The third kappa shape index (κ3) is 3.28. The lowest BCUT2D eigenvalue weighted by Gasteiger charge is -2.11. The van der Waals surface area contributed by atoms with Crippen LogP contribution < -0.4 is 5.73 Å². The van der Waals surface area contributed by atoms with Crippen LogP contribution in [-0.2, 0) is 0 Å². The molecule has 2 N–H and O–H groups in total. The van der Waals surface area contributed by atoms with Gasteiger partial charge in [-0.05, 0) is 30.5 Å². The average Bonchev–Trinajstić information content (AvgIpc) is 2.10. The lowest BCUT2D eigenvalue weighted by Crippen LogP contribution is -2.09. The zero-order valence-electron chi connectivity index (χ0n) is 8.59. The van der Waals surface area contributed by atoms with Crippen LogP contribution in [0, 0.1) is 12.7 Å². The first-order valence-electron chi connectivity index (χ1n) is 4.66. The Morgan fingerprint density at radius 2 is 2.07 bits per heavy atom. The van der Waals surface area contributed by atoms with Crippen molar-refractivity contribution in [2.24, 2.45) is 5.73 Å². The van der Waals surface area contributed by atoms with Gasteiger partial charge < -0.3 is 5.73 Å². The van der Waals surface area contributed by atoms with E-state index in [1.807, 2.05) is 6.07 Å². The maximum absolute atomic E-state index is 12.9. The maximum Gasteiger partial charge on any atom is 0.126 e. The molecular weight excluding hydrogens is 201 g/mol. The molecule has 0 radical (unpaired) electrons. The molecule has 14 heavy (non-hydrogen) atoms. The van der Waals surface area contributed by atoms with Crippen LogP contribution in [0.4, 0.5) is 4.39 Å². The predicted octanol–water partition coefficient (Wildman–Crippen LogP) is 3.36. The molecule has 80 valence electrons. The zero-order valence-corrected chi connectivity index (χ0v) is 9.40. The third-order valence-electron chi connectivity index (χ3n) is 2.21. The van der Waals surface area contributed by atoms with Gasteiger partial charge in [0, 0.05) is 6.04 Å². The first-order valence-corrected chi connectivity index (χ1v) is 4.66. The molecule has 0 unspecified atom stereocenters. The van der Waals surface area contributed by atoms with Gasteiger partial charge in [-0.3, -0.25) is 0 Å². The Bertz CT molecular complexity index is 289. The molecule has 0 spiro atoms. The van der Waals surface area contributed by atoms with Crippen molar-refractivity contribution in [1.82, 2.24) is 0 Å². The van der Waals surface area contributed by atoms with Crippen molar-refractivity contribution in [3.8, 4) is 0 Å². The third-order valence-corrected chi connectivity index (χ3v) is 2.21. The van der Waals surface area contributed by atoms with Crippen LogP contribution in [0.3, 0.4) is 0 Å². The summed E-state index contributed by atoms with van der Waals surface area (Å²) in [5, 5.41) is 0. The minimum atomic E-state index is -0.160. The van der Waals surface area contributed by atoms with Gasteiger partial charge >= 0.3 is 0 Å². The Labute approximate surface area is 90.9 Å². The highest BCUT2D eigenvalue weighted by atomic mass is 35.5. The normalized spacial score (nSPS) is 12.0. The summed E-state index contributed by atoms with van der Waals surface area (Å²) in [6.45, 7) is 3.85. The molecule has 0 fully saturated rings. The van der Waals surface area contributed by atoms with Gasteiger partial charge in [-0.15, -0.1) is 12.4 Å². The van der Waals surface area contributed by atoms with E-state index in [4.69, 9.17) is 5.73 Å². The second-order valence-corrected chi connectivity index (χ2v) is 3.40. The SMILES string of the molecule is CCC[C@H](N)c1ccc(F)c(C)c1.Cl. The molecule has 1 aromatic rings. The minimum Gasteiger partial charge on any atom is -0.324 e. The van der Waals surface area contributed by atoms with Crippen LogP contribution in [0.15, 0.2) is 18.2 Å². The van der Waals surface area contributed by atoms with Gasteiger partial charge in [-0.25, -0.2) is 4.39 Å². The van der Waals surface area contributed by atoms with Crippen LogP contribution >= 0.6 is 12.4 Å². The molecule has 0 aliphatic heterocycles. The van der Waals surface area contributed by atoms with E-state index in [1.165, 1.54) is 6.07 Å². The molecule has 0 bridgehead atoms. The van der Waals surface area contributed by atoms with E-state index in [0.717, 1.165) is 18.4 Å². The largest absolute Gasteiger partial charge is 0.324 e. The average molecular weight is 218 g/mol. The highest BCUT2D eigenvalue weighted by Gasteiger charge is 2.06. The summed E-state index contributed by atoms with van der Waals surface area (Å²) in [5.41, 5.74) is 7.60. The highest BCUT2D eigenvalue weighted by Crippen LogP contribution is 2.18. The summed E-state index contributed by atoms with van der Waals surface area (Å²) >= 11 is 0. The van der Waals surface area contributed by atoms with E-state index in [9.17, 15) is 4.39 Å². The maximum atomic E-state index is 12.9. The van der Waals surface area contributed by atoms with E-state index < -0.39 is 0 Å². The number of hydrogen-bond acceptors (Lipinski definition) is 1. The van der Waals surface area contributed by atoms with Gasteiger partial charge in [0.15, 0.2) is 0 Å². The van der Waals surface area contributed by atoms with E-state index in [2.05, 4.69) is 6.92 Å². The summed E-state index contributed by atoms with van der Waals surface area (Å²) < 4.78 is 12.9. The van der Waals surface area contributed by atoms with Crippen LogP contribution in [-0.4, -0.2) is 0 Å². The summed E-state index contributed by atoms with van der Waals surface area (Å²) in [7, 11) is 0.